The molecule has 12 aromatic carbocycles. The summed E-state index contributed by atoms with van der Waals surface area (Å²) in [4.78, 5) is 0. The summed E-state index contributed by atoms with van der Waals surface area (Å²) in [5.74, 6) is 4.06. The zero-order chi connectivity index (χ0) is 92.2. The van der Waals surface area contributed by atoms with Crippen molar-refractivity contribution in [2.24, 2.45) is 0 Å². The fourth-order valence-corrected chi connectivity index (χ4v) is 43.0. The predicted octanol–water partition coefficient (Wildman–Crippen LogP) is 24.4. The maximum Gasteiger partial charge on any atom is 0.261 e. The summed E-state index contributed by atoms with van der Waals surface area (Å²) in [5, 5.41) is 10.3. The van der Waals surface area contributed by atoms with Crippen LogP contribution in [-0.2, 0) is 39.0 Å². The summed E-state index contributed by atoms with van der Waals surface area (Å²) < 4.78 is 91.3. The van der Waals surface area contributed by atoms with Crippen LogP contribution in [0.15, 0.2) is 267 Å². The van der Waals surface area contributed by atoms with E-state index in [9.17, 15) is 0 Å². The van der Waals surface area contributed by atoms with Gasteiger partial charge in [-0.15, -0.1) is 0 Å². The summed E-state index contributed by atoms with van der Waals surface area (Å²) in [7, 11) is -12.3. The molecule has 0 radical (unpaired) electrons. The maximum absolute atomic E-state index is 7.99. The van der Waals surface area contributed by atoms with Crippen LogP contribution in [0.25, 0.3) is 0 Å². The summed E-state index contributed by atoms with van der Waals surface area (Å²) in [6.45, 7) is 29.7. The van der Waals surface area contributed by atoms with Gasteiger partial charge in [-0.25, -0.2) is 0 Å². The lowest BCUT2D eigenvalue weighted by Crippen LogP contribution is -2.66. The van der Waals surface area contributed by atoms with Crippen molar-refractivity contribution in [3.8, 4) is 46.0 Å². The lowest BCUT2D eigenvalue weighted by molar-refractivity contribution is 0.0952. The Balaban J connectivity index is 0.920. The molecule has 0 spiro atoms. The molecule has 5 aliphatic rings. The van der Waals surface area contributed by atoms with E-state index in [1.807, 2.05) is 0 Å². The van der Waals surface area contributed by atoms with E-state index >= 15 is 0 Å². The summed E-state index contributed by atoms with van der Waals surface area (Å²) in [6, 6.07) is 98.0. The van der Waals surface area contributed by atoms with Gasteiger partial charge in [-0.2, -0.15) is 0 Å². The predicted molar refractivity (Wildman–Crippen MR) is 559 cm³/mol. The summed E-state index contributed by atoms with van der Waals surface area (Å²) in [6.07, 6.45) is 5.14. The SMILES string of the molecule is CC(C)(C)[Si](OCCCC1c2cc3c4c(CBr)c2OCOc2c1cc1c(c2CBr)OCOc2c(cc5c(c2CBr)OCOc2c(cc(c(c2CBr)OCO4)C3CCCO[Si](c2ccccc2)(c2ccccc2)C(C)(C)C)C5CCCO[Si](c2ccccc2)(c2ccccc2)C(C)(C)C)C1CCCO[Si](c1ccccc1)(c1ccccc1)C(C)(C)C)(c1ccccc1)c1ccccc1. The number of hydrogen-bond acceptors (Lipinski definition) is 12. The Kier molecular flexibility index (Phi) is 29.3. The Bertz CT molecular complexity index is 4950. The van der Waals surface area contributed by atoms with Crippen LogP contribution in [0.1, 0.15) is 225 Å². The van der Waals surface area contributed by atoms with E-state index in [1.165, 1.54) is 41.5 Å². The zero-order valence-electron chi connectivity index (χ0n) is 78.3. The molecule has 20 heteroatoms. The van der Waals surface area contributed by atoms with Gasteiger partial charge in [-0.3, -0.25) is 0 Å². The van der Waals surface area contributed by atoms with Gasteiger partial charge in [0.15, 0.2) is 0 Å². The Hall–Kier alpha value is -8.33. The minimum Gasteiger partial charge on any atom is -0.457 e. The van der Waals surface area contributed by atoms with Crippen molar-refractivity contribution < 1.29 is 55.6 Å². The van der Waals surface area contributed by atoms with Crippen molar-refractivity contribution in [2.45, 2.75) is 200 Å². The standard InChI is InChI=1S/C112H124Br4O12Si4/c1-109(2,3)129(77-41-21-13-22-42-77,78-43-23-14-24-44-78)125-61-37-57-85-89-65-91-86(58-38-62-126-130(110(4,5)6,79-45-25-15-26-46-79)80-47-27-16-28-48-80)93-67-95-88(60-40-64-128-132(112(10,11)12,83-53-33-19-34-54-83)84-55-35-20-36-56-84)96-68-94-87(59-39-63-127-131(111(7,8)9,81-49-29-17-30-50-81)82-51-31-18-32-52-82)92-66-90(85)102-98(70-114)104(92)120-75-122-106(94)100(72-116)108(96)124-76-123-107(95)99(71-115)105(93)121-74-119-103(91)97(69-113)101(89)117-73-118-102/h13-36,41-56,65-68,85-88H,37-40,57-64,69-76H2,1-12H3. The van der Waals surface area contributed by atoms with Crippen LogP contribution >= 0.6 is 63.7 Å². The van der Waals surface area contributed by atoms with Crippen molar-refractivity contribution in [3.05, 3.63) is 334 Å². The third-order valence-corrected chi connectivity index (χ3v) is 50.6. The first-order valence-corrected chi connectivity index (χ1v) is 59.1. The molecular formula is C112H124Br4O12Si4. The number of ether oxygens (including phenoxy) is 8. The molecule has 0 N–H and O–H groups in total. The first-order valence-electron chi connectivity index (χ1n) is 46.9. The van der Waals surface area contributed by atoms with Crippen LogP contribution in [0.3, 0.4) is 0 Å². The van der Waals surface area contributed by atoms with Crippen LogP contribution in [0.4, 0.5) is 0 Å². The quantitative estimate of drug-likeness (QED) is 0.0227. The van der Waals surface area contributed by atoms with Gasteiger partial charge >= 0.3 is 0 Å². The summed E-state index contributed by atoms with van der Waals surface area (Å²) in [5.41, 5.74) is 11.7. The molecule has 132 heavy (non-hydrogen) atoms. The number of hydrogen-bond donors (Lipinski definition) is 0. The number of benzene rings is 12. The van der Waals surface area contributed by atoms with E-state index < -0.39 is 56.9 Å². The minimum absolute atomic E-state index is 0.113. The van der Waals surface area contributed by atoms with E-state index in [-0.39, 0.29) is 47.3 Å². The van der Waals surface area contributed by atoms with Crippen molar-refractivity contribution >= 4 is 138 Å². The molecule has 0 fully saturated rings. The fraction of sp³-hybridized carbons (Fsp3) is 0.357. The molecule has 0 aromatic heterocycles. The van der Waals surface area contributed by atoms with E-state index in [0.29, 0.717) is 145 Å². The first-order chi connectivity index (χ1) is 63.9. The van der Waals surface area contributed by atoms with Crippen LogP contribution in [-0.4, -0.2) is 86.9 Å². The Morgan fingerprint density at radius 2 is 0.364 bits per heavy atom. The highest BCUT2D eigenvalue weighted by Gasteiger charge is 2.55. The molecule has 0 saturated heterocycles. The van der Waals surface area contributed by atoms with Crippen molar-refractivity contribution in [1.29, 1.82) is 0 Å². The van der Waals surface area contributed by atoms with Gasteiger partial charge in [-0.05, 0) is 137 Å². The van der Waals surface area contributed by atoms with Gasteiger partial charge in [0, 0.05) is 138 Å². The molecule has 1 aliphatic carbocycles. The van der Waals surface area contributed by atoms with E-state index in [1.54, 1.807) is 0 Å². The Labute approximate surface area is 819 Å². The number of rotatable bonds is 32. The van der Waals surface area contributed by atoms with E-state index in [4.69, 9.17) is 55.6 Å². The normalized spacial score (nSPS) is 16.5. The molecule has 688 valence electrons. The lowest BCUT2D eigenvalue weighted by Gasteiger charge is -2.43. The summed E-state index contributed by atoms with van der Waals surface area (Å²) >= 11 is 16.9. The Morgan fingerprint density at radius 1 is 0.227 bits per heavy atom. The topological polar surface area (TPSA) is 111 Å². The third kappa shape index (κ3) is 17.8. The largest absolute Gasteiger partial charge is 0.457 e. The third-order valence-electron chi connectivity index (χ3n) is 28.2. The van der Waals surface area contributed by atoms with E-state index in [0.717, 1.165) is 66.8 Å². The molecular weight excluding hydrogens is 1970 g/mol. The van der Waals surface area contributed by atoms with Gasteiger partial charge in [0.25, 0.3) is 33.3 Å². The van der Waals surface area contributed by atoms with Gasteiger partial charge in [0.05, 0.1) is 0 Å². The smallest absolute Gasteiger partial charge is 0.261 e. The minimum atomic E-state index is -3.07. The van der Waals surface area contributed by atoms with Crippen molar-refractivity contribution in [1.82, 2.24) is 0 Å². The molecule has 17 rings (SSSR count). The molecule has 0 saturated carbocycles. The highest BCUT2D eigenvalue weighted by atomic mass is 79.9. The average Bonchev–Trinajstić information content (AvgIpc) is 0.711. The molecule has 12 aromatic rings. The van der Waals surface area contributed by atoms with Crippen LogP contribution < -0.4 is 79.4 Å². The fourth-order valence-electron chi connectivity index (χ4n) is 22.5. The first kappa shape index (κ1) is 95.4. The van der Waals surface area contributed by atoms with Gasteiger partial charge in [0.1, 0.15) is 46.0 Å². The maximum atomic E-state index is 7.99. The molecule has 4 heterocycles. The Morgan fingerprint density at radius 3 is 0.485 bits per heavy atom. The van der Waals surface area contributed by atoms with Crippen LogP contribution in [0.5, 0.6) is 46.0 Å². The second-order valence-corrected chi connectivity index (χ2v) is 59.2. The van der Waals surface area contributed by atoms with Crippen LogP contribution in [0, 0.1) is 0 Å². The molecule has 8 bridgehead atoms. The highest BCUT2D eigenvalue weighted by Crippen LogP contribution is 2.60. The molecule has 0 unspecified atom stereocenters. The lowest BCUT2D eigenvalue weighted by atomic mass is 9.74. The number of halogens is 4. The average molecular weight is 2090 g/mol. The monoisotopic (exact) mass is 2090 g/mol. The van der Waals surface area contributed by atoms with Crippen LogP contribution in [0.2, 0.25) is 20.2 Å². The second-order valence-electron chi connectivity index (χ2n) is 39.8. The highest BCUT2D eigenvalue weighted by molar-refractivity contribution is 9.09. The molecule has 0 atom stereocenters. The second kappa shape index (κ2) is 40.5. The van der Waals surface area contributed by atoms with Crippen molar-refractivity contribution in [3.63, 3.8) is 0 Å². The molecule has 0 amide bonds. The van der Waals surface area contributed by atoms with Crippen molar-refractivity contribution in [2.75, 3.05) is 53.6 Å². The van der Waals surface area contributed by atoms with Gasteiger partial charge < -0.3 is 55.6 Å². The zero-order valence-corrected chi connectivity index (χ0v) is 88.6. The van der Waals surface area contributed by atoms with Gasteiger partial charge in [0.2, 0.25) is 27.2 Å². The molecule has 12 nitrogen and oxygen atoms in total. The van der Waals surface area contributed by atoms with E-state index in [2.05, 4.69) is 414 Å². The van der Waals surface area contributed by atoms with Gasteiger partial charge in [-0.1, -0.05) is 389 Å². The number of alkyl halides is 4. The molecule has 4 aliphatic heterocycles.